The minimum absolute atomic E-state index is 0.0218. The number of phenolic OH excluding ortho intramolecular Hbond substituents is 1. The lowest BCUT2D eigenvalue weighted by Crippen LogP contribution is -2.53. The quantitative estimate of drug-likeness (QED) is 0.116. The molecule has 0 saturated heterocycles. The van der Waals surface area contributed by atoms with Gasteiger partial charge in [-0.25, -0.2) is 13.1 Å². The van der Waals surface area contributed by atoms with E-state index in [0.717, 1.165) is 23.7 Å². The number of carbonyl (C=O) groups is 2. The first kappa shape index (κ1) is 36.8. The Kier molecular flexibility index (Phi) is 10.00. The Balaban J connectivity index is 0.000000176. The highest BCUT2D eigenvalue weighted by atomic mass is 79.9. The first-order valence-electron chi connectivity index (χ1n) is 17.4. The molecule has 1 saturated carbocycles. The largest absolute Gasteiger partial charge is 0.507 e. The number of aryl methyl sites for hydroxylation is 1. The lowest BCUT2D eigenvalue weighted by Gasteiger charge is -2.55. The molecule has 0 spiro atoms. The van der Waals surface area contributed by atoms with Gasteiger partial charge >= 0.3 is 0 Å². The third kappa shape index (κ3) is 7.10. The number of hydrogen-bond donors (Lipinski definition) is 3. The molecule has 10 heteroatoms. The van der Waals surface area contributed by atoms with Crippen LogP contribution in [0.2, 0.25) is 0 Å². The van der Waals surface area contributed by atoms with Gasteiger partial charge in [0.05, 0.1) is 23.1 Å². The smallest absolute Gasteiger partial charge is 0.208 e. The molecule has 3 atom stereocenters. The van der Waals surface area contributed by atoms with Crippen molar-refractivity contribution >= 4 is 43.2 Å². The Labute approximate surface area is 309 Å². The molecule has 0 heterocycles. The van der Waals surface area contributed by atoms with Crippen molar-refractivity contribution in [1.29, 1.82) is 0 Å². The second kappa shape index (κ2) is 13.9. The third-order valence-corrected chi connectivity index (χ3v) is 12.3. The van der Waals surface area contributed by atoms with Gasteiger partial charge in [0.2, 0.25) is 10.0 Å². The van der Waals surface area contributed by atoms with E-state index in [4.69, 9.17) is 10.5 Å². The van der Waals surface area contributed by atoms with Crippen LogP contribution in [0.1, 0.15) is 108 Å². The number of ether oxygens (including phenoxy) is 1. The number of benzene rings is 4. The number of nitrogens with one attached hydrogen (secondary N) is 1. The zero-order valence-electron chi connectivity index (χ0n) is 29.7. The summed E-state index contributed by atoms with van der Waals surface area (Å²) in [6, 6.07) is 21.8. The first-order valence-corrected chi connectivity index (χ1v) is 20.1. The number of aromatic hydroxyl groups is 1. The van der Waals surface area contributed by atoms with Gasteiger partial charge in [0.1, 0.15) is 11.5 Å². The number of anilines is 1. The van der Waals surface area contributed by atoms with Crippen LogP contribution in [0.15, 0.2) is 77.3 Å². The number of sulfonamides is 1. The molecule has 1 fully saturated rings. The van der Waals surface area contributed by atoms with Gasteiger partial charge in [-0.15, -0.1) is 0 Å². The van der Waals surface area contributed by atoms with Gasteiger partial charge in [-0.1, -0.05) is 92.5 Å². The molecule has 7 rings (SSSR count). The lowest BCUT2D eigenvalue weighted by molar-refractivity contribution is 0.0299. The molecule has 4 aromatic rings. The number of carbonyl (C=O) groups excluding carboxylic acids is 2. The number of nitrogens with two attached hydrogens (primary N) is 1. The van der Waals surface area contributed by atoms with E-state index in [1.54, 1.807) is 48.5 Å². The van der Waals surface area contributed by atoms with E-state index < -0.39 is 21.6 Å². The molecule has 0 bridgehead atoms. The molecule has 3 aliphatic rings. The average molecular weight is 774 g/mol. The lowest BCUT2D eigenvalue weighted by atomic mass is 9.50. The fourth-order valence-electron chi connectivity index (χ4n) is 8.50. The maximum absolute atomic E-state index is 12.9. The van der Waals surface area contributed by atoms with Gasteiger partial charge in [0, 0.05) is 28.2 Å². The summed E-state index contributed by atoms with van der Waals surface area (Å²) in [5.41, 5.74) is 11.2. The van der Waals surface area contributed by atoms with Crippen LogP contribution in [0.3, 0.4) is 0 Å². The van der Waals surface area contributed by atoms with E-state index >= 15 is 0 Å². The van der Waals surface area contributed by atoms with E-state index in [-0.39, 0.29) is 50.3 Å². The summed E-state index contributed by atoms with van der Waals surface area (Å²) in [6.45, 7) is 9.78. The van der Waals surface area contributed by atoms with Crippen molar-refractivity contribution < 1.29 is 27.9 Å². The van der Waals surface area contributed by atoms with Gasteiger partial charge < -0.3 is 15.6 Å². The highest BCUT2D eigenvalue weighted by Crippen LogP contribution is 2.57. The molecule has 3 aliphatic carbocycles. The highest BCUT2D eigenvalue weighted by molar-refractivity contribution is 9.10. The first-order chi connectivity index (χ1) is 24.0. The summed E-state index contributed by atoms with van der Waals surface area (Å²) in [5.74, 6) is 0.498. The van der Waals surface area contributed by atoms with E-state index in [9.17, 15) is 23.1 Å². The minimum atomic E-state index is -3.14. The van der Waals surface area contributed by atoms with E-state index in [1.165, 1.54) is 41.9 Å². The monoisotopic (exact) mass is 772 g/mol. The fourth-order valence-corrected chi connectivity index (χ4v) is 9.36. The van der Waals surface area contributed by atoms with E-state index in [2.05, 4.69) is 66.5 Å². The van der Waals surface area contributed by atoms with Crippen molar-refractivity contribution in [3.63, 3.8) is 0 Å². The van der Waals surface area contributed by atoms with Crippen molar-refractivity contribution in [2.24, 2.45) is 11.3 Å². The number of hydrogen-bond acceptors (Lipinski definition) is 7. The molecule has 268 valence electrons. The maximum Gasteiger partial charge on any atom is 0.208 e. The molecule has 4 aromatic carbocycles. The average Bonchev–Trinajstić information content (AvgIpc) is 3.08. The SMILES string of the molecule is CC(C)c1ccc2c(c1)CCC1C(C)(CNS(C)(=O)=O)CCCC21C.Nc1c(Oc2ccc(Br)cc2)cc(O)c2c1C(=O)c1ccccc1C2=O. The Morgan fingerprint density at radius 3 is 2.24 bits per heavy atom. The molecular formula is C41H45BrN2O6S. The zero-order valence-corrected chi connectivity index (χ0v) is 32.1. The van der Waals surface area contributed by atoms with Gasteiger partial charge in [-0.05, 0) is 89.3 Å². The summed E-state index contributed by atoms with van der Waals surface area (Å²) in [7, 11) is -3.14. The van der Waals surface area contributed by atoms with Crippen molar-refractivity contribution in [2.75, 3.05) is 18.5 Å². The van der Waals surface area contributed by atoms with Crippen LogP contribution < -0.4 is 15.2 Å². The molecule has 0 amide bonds. The topological polar surface area (TPSA) is 136 Å². The summed E-state index contributed by atoms with van der Waals surface area (Å²) < 4.78 is 32.7. The number of fused-ring (bicyclic) bond motifs is 5. The van der Waals surface area contributed by atoms with Gasteiger partial charge in [0.25, 0.3) is 0 Å². The van der Waals surface area contributed by atoms with Crippen LogP contribution >= 0.6 is 15.9 Å². The molecule has 51 heavy (non-hydrogen) atoms. The van der Waals surface area contributed by atoms with Crippen LogP contribution in [-0.4, -0.2) is 37.9 Å². The van der Waals surface area contributed by atoms with Gasteiger partial charge in [-0.2, -0.15) is 0 Å². The second-order valence-electron chi connectivity index (χ2n) is 15.0. The Morgan fingerprint density at radius 2 is 1.61 bits per heavy atom. The van der Waals surface area contributed by atoms with Crippen molar-refractivity contribution in [3.8, 4) is 17.2 Å². The molecule has 0 aromatic heterocycles. The summed E-state index contributed by atoms with van der Waals surface area (Å²) in [4.78, 5) is 25.6. The molecule has 0 aliphatic heterocycles. The zero-order chi connectivity index (χ0) is 36.9. The number of phenols is 1. The number of halogens is 1. The van der Waals surface area contributed by atoms with Crippen LogP contribution in [-0.2, 0) is 21.9 Å². The second-order valence-corrected chi connectivity index (χ2v) is 17.7. The normalized spacial score (nSPS) is 22.2. The van der Waals surface area contributed by atoms with Gasteiger partial charge in [0.15, 0.2) is 17.3 Å². The predicted octanol–water partition coefficient (Wildman–Crippen LogP) is 8.67. The molecule has 0 radical (unpaired) electrons. The van der Waals surface area contributed by atoms with Crippen LogP contribution in [0.4, 0.5) is 5.69 Å². The number of nitrogen functional groups attached to an aromatic ring is 1. The van der Waals surface area contributed by atoms with Crippen LogP contribution in [0.5, 0.6) is 17.2 Å². The number of rotatable bonds is 6. The molecular weight excluding hydrogens is 728 g/mol. The predicted molar refractivity (Wildman–Crippen MR) is 205 cm³/mol. The van der Waals surface area contributed by atoms with Crippen LogP contribution in [0, 0.1) is 11.3 Å². The van der Waals surface area contributed by atoms with E-state index in [0.29, 0.717) is 24.1 Å². The molecule has 3 unspecified atom stereocenters. The standard InChI is InChI=1S/C21H33NO2S.C20H12BrNO4/c1-15(2)16-7-9-18-17(13-16)8-10-19-20(3,14-22-25(5,23)24)11-6-12-21(18,19)4;21-10-5-7-11(8-6-10)26-15-9-14(23)16-17(18(15)22)20(25)13-4-2-1-3-12(13)19(16)24/h7,9,13,15,19,22H,6,8,10-12,14H2,1-5H3;1-9,23H,22H2. The Morgan fingerprint density at radius 1 is 0.961 bits per heavy atom. The van der Waals surface area contributed by atoms with Crippen molar-refractivity contribution in [1.82, 2.24) is 4.72 Å². The Bertz CT molecular complexity index is 2130. The fraction of sp³-hybridized carbons (Fsp3) is 0.366. The van der Waals surface area contributed by atoms with Crippen molar-refractivity contribution in [2.45, 2.75) is 71.1 Å². The molecule has 4 N–H and O–H groups in total. The summed E-state index contributed by atoms with van der Waals surface area (Å²) in [6.07, 6.45) is 7.02. The maximum atomic E-state index is 12.9. The number of ketones is 2. The van der Waals surface area contributed by atoms with Gasteiger partial charge in [-0.3, -0.25) is 9.59 Å². The summed E-state index contributed by atoms with van der Waals surface area (Å²) >= 11 is 3.33. The summed E-state index contributed by atoms with van der Waals surface area (Å²) in [5, 5.41) is 10.4. The Hall–Kier alpha value is -3.99. The van der Waals surface area contributed by atoms with Crippen LogP contribution in [0.25, 0.3) is 0 Å². The van der Waals surface area contributed by atoms with Crippen molar-refractivity contribution in [3.05, 3.63) is 116 Å². The third-order valence-electron chi connectivity index (χ3n) is 11.1. The molecule has 8 nitrogen and oxygen atoms in total. The minimum Gasteiger partial charge on any atom is -0.507 e. The van der Waals surface area contributed by atoms with E-state index in [1.807, 2.05) is 0 Å². The highest BCUT2D eigenvalue weighted by Gasteiger charge is 2.51.